The Balaban J connectivity index is 1.45. The molecule has 1 aliphatic heterocycles. The van der Waals surface area contributed by atoms with Gasteiger partial charge in [-0.05, 0) is 55.5 Å². The Morgan fingerprint density at radius 3 is 2.84 bits per heavy atom. The van der Waals surface area contributed by atoms with E-state index in [0.29, 0.717) is 30.5 Å². The van der Waals surface area contributed by atoms with Crippen molar-refractivity contribution in [2.24, 2.45) is 0 Å². The molecule has 3 aromatic heterocycles. The Bertz CT molecular complexity index is 1270. The van der Waals surface area contributed by atoms with Gasteiger partial charge in [-0.1, -0.05) is 36.4 Å². The molecular weight excluding hydrogens is 402 g/mol. The third-order valence-corrected chi connectivity index (χ3v) is 5.56. The number of rotatable bonds is 5. The molecule has 0 unspecified atom stereocenters. The first-order valence-electron chi connectivity index (χ1n) is 10.9. The molecule has 162 valence electrons. The summed E-state index contributed by atoms with van der Waals surface area (Å²) >= 11 is 0. The van der Waals surface area contributed by atoms with Crippen LogP contribution in [0.4, 0.5) is 11.8 Å². The Morgan fingerprint density at radius 1 is 1.09 bits per heavy atom. The number of aryl methyl sites for hydroxylation is 1. The largest absolute Gasteiger partial charge is 0.477 e. The number of nitrogens with one attached hydrogen (secondary N) is 2. The fraction of sp³-hybridized carbons (Fsp3) is 0.240. The maximum atomic E-state index is 13.1. The highest BCUT2D eigenvalue weighted by atomic mass is 16.5. The van der Waals surface area contributed by atoms with E-state index < -0.39 is 0 Å². The van der Waals surface area contributed by atoms with Crippen LogP contribution in [0.3, 0.4) is 0 Å². The van der Waals surface area contributed by atoms with E-state index in [1.54, 1.807) is 6.07 Å². The lowest BCUT2D eigenvalue weighted by atomic mass is 10.1. The van der Waals surface area contributed by atoms with Crippen molar-refractivity contribution in [1.29, 1.82) is 0 Å². The van der Waals surface area contributed by atoms with Crippen molar-refractivity contribution >= 4 is 23.2 Å². The number of carbonyl (C=O) groups is 1. The minimum absolute atomic E-state index is 0.229. The average molecular weight is 428 g/mol. The number of fused-ring (bicyclic) bond motifs is 2. The second kappa shape index (κ2) is 8.70. The quantitative estimate of drug-likeness (QED) is 0.486. The molecule has 0 spiro atoms. The summed E-state index contributed by atoms with van der Waals surface area (Å²) in [5.41, 5.74) is 4.68. The maximum absolute atomic E-state index is 13.1. The number of anilines is 2. The summed E-state index contributed by atoms with van der Waals surface area (Å²) in [6, 6.07) is 17.8. The molecule has 0 saturated heterocycles. The van der Waals surface area contributed by atoms with Gasteiger partial charge >= 0.3 is 0 Å². The molecular formula is C25H25N5O2. The summed E-state index contributed by atoms with van der Waals surface area (Å²) in [4.78, 5) is 22.3. The van der Waals surface area contributed by atoms with E-state index in [-0.39, 0.29) is 11.9 Å². The Labute approximate surface area is 186 Å². The predicted octanol–water partition coefficient (Wildman–Crippen LogP) is 4.62. The van der Waals surface area contributed by atoms with E-state index in [1.165, 1.54) is 0 Å². The van der Waals surface area contributed by atoms with Gasteiger partial charge in [0.05, 0.1) is 12.2 Å². The Hall–Kier alpha value is -3.87. The minimum atomic E-state index is -0.270. The molecule has 0 atom stereocenters. The summed E-state index contributed by atoms with van der Waals surface area (Å²) < 4.78 is 7.77. The van der Waals surface area contributed by atoms with E-state index in [9.17, 15) is 4.79 Å². The lowest BCUT2D eigenvalue weighted by Crippen LogP contribution is -2.19. The molecule has 0 saturated carbocycles. The molecule has 0 radical (unpaired) electrons. The van der Waals surface area contributed by atoms with Crippen molar-refractivity contribution in [2.45, 2.75) is 32.7 Å². The topological polar surface area (TPSA) is 80.5 Å². The summed E-state index contributed by atoms with van der Waals surface area (Å²) in [7, 11) is 0. The highest BCUT2D eigenvalue weighted by Gasteiger charge is 2.20. The number of nitrogens with zero attached hydrogens (tertiary/aromatic N) is 3. The summed E-state index contributed by atoms with van der Waals surface area (Å²) in [5.74, 6) is 1.20. The van der Waals surface area contributed by atoms with E-state index in [2.05, 4.69) is 32.7 Å². The van der Waals surface area contributed by atoms with Gasteiger partial charge in [-0.25, -0.2) is 0 Å². The third kappa shape index (κ3) is 4.14. The van der Waals surface area contributed by atoms with Crippen LogP contribution in [0, 0.1) is 6.92 Å². The van der Waals surface area contributed by atoms with Gasteiger partial charge in [0, 0.05) is 18.3 Å². The van der Waals surface area contributed by atoms with Crippen molar-refractivity contribution in [3.8, 4) is 5.88 Å². The highest BCUT2D eigenvalue weighted by molar-refractivity contribution is 6.02. The maximum Gasteiger partial charge on any atom is 0.275 e. The number of hydrogen-bond acceptors (Lipinski definition) is 5. The number of hydrogen-bond donors (Lipinski definition) is 2. The van der Waals surface area contributed by atoms with Gasteiger partial charge in [0.1, 0.15) is 11.5 Å². The van der Waals surface area contributed by atoms with Crippen LogP contribution in [0.5, 0.6) is 5.88 Å². The van der Waals surface area contributed by atoms with Gasteiger partial charge in [0.15, 0.2) is 0 Å². The fourth-order valence-corrected chi connectivity index (χ4v) is 3.99. The SMILES string of the molecule is Cc1cc2cccc(C(=O)Nc3nc(NCc4ccccc4)c4c(n3)OCCCC4)n2c1. The predicted molar refractivity (Wildman–Crippen MR) is 124 cm³/mol. The second-order valence-corrected chi connectivity index (χ2v) is 8.00. The molecule has 0 fully saturated rings. The number of carbonyl (C=O) groups excluding carboxylic acids is 1. The number of amides is 1. The molecule has 7 heteroatoms. The Morgan fingerprint density at radius 2 is 1.97 bits per heavy atom. The third-order valence-electron chi connectivity index (χ3n) is 5.56. The van der Waals surface area contributed by atoms with Crippen LogP contribution < -0.4 is 15.4 Å². The second-order valence-electron chi connectivity index (χ2n) is 8.00. The van der Waals surface area contributed by atoms with Crippen molar-refractivity contribution in [3.05, 3.63) is 83.2 Å². The van der Waals surface area contributed by atoms with Gasteiger partial charge in [0.25, 0.3) is 5.91 Å². The first-order valence-corrected chi connectivity index (χ1v) is 10.9. The molecule has 4 aromatic rings. The van der Waals surface area contributed by atoms with E-state index in [4.69, 9.17) is 4.74 Å². The standard InChI is InChI=1S/C25H25N5O2/c1-17-14-19-10-7-12-21(30(19)16-17)23(31)28-25-27-22(26-15-18-8-3-2-4-9-18)20-11-5-6-13-32-24(20)29-25/h2-4,7-10,12,14,16H,5-6,11,13,15H2,1H3,(H2,26,27,28,29,31). The van der Waals surface area contributed by atoms with Crippen LogP contribution in [-0.2, 0) is 13.0 Å². The minimum Gasteiger partial charge on any atom is -0.477 e. The molecule has 2 N–H and O–H groups in total. The molecule has 4 heterocycles. The highest BCUT2D eigenvalue weighted by Crippen LogP contribution is 2.30. The Kier molecular flexibility index (Phi) is 5.46. The average Bonchev–Trinajstić information content (AvgIpc) is 3.02. The fourth-order valence-electron chi connectivity index (χ4n) is 3.99. The van der Waals surface area contributed by atoms with Gasteiger partial charge in [-0.2, -0.15) is 9.97 Å². The van der Waals surface area contributed by atoms with E-state index >= 15 is 0 Å². The molecule has 1 aromatic carbocycles. The van der Waals surface area contributed by atoms with Crippen LogP contribution >= 0.6 is 0 Å². The molecule has 32 heavy (non-hydrogen) atoms. The molecule has 5 rings (SSSR count). The van der Waals surface area contributed by atoms with Crippen molar-refractivity contribution < 1.29 is 9.53 Å². The normalized spacial score (nSPS) is 13.2. The molecule has 0 bridgehead atoms. The molecule has 7 nitrogen and oxygen atoms in total. The lowest BCUT2D eigenvalue weighted by molar-refractivity contribution is 0.102. The summed E-state index contributed by atoms with van der Waals surface area (Å²) in [6.45, 7) is 3.24. The van der Waals surface area contributed by atoms with Gasteiger partial charge in [-0.15, -0.1) is 0 Å². The van der Waals surface area contributed by atoms with Crippen LogP contribution in [0.1, 0.15) is 40.0 Å². The van der Waals surface area contributed by atoms with Gasteiger partial charge < -0.3 is 14.5 Å². The zero-order chi connectivity index (χ0) is 21.9. The zero-order valence-electron chi connectivity index (χ0n) is 18.0. The summed E-state index contributed by atoms with van der Waals surface area (Å²) in [5, 5.41) is 6.28. The van der Waals surface area contributed by atoms with Crippen molar-refractivity contribution in [3.63, 3.8) is 0 Å². The van der Waals surface area contributed by atoms with Gasteiger partial charge in [0.2, 0.25) is 11.8 Å². The number of ether oxygens (including phenoxy) is 1. The van der Waals surface area contributed by atoms with E-state index in [1.807, 2.05) is 53.9 Å². The smallest absolute Gasteiger partial charge is 0.275 e. The van der Waals surface area contributed by atoms with Crippen molar-refractivity contribution in [2.75, 3.05) is 17.2 Å². The summed E-state index contributed by atoms with van der Waals surface area (Å²) in [6.07, 6.45) is 4.75. The van der Waals surface area contributed by atoms with Crippen molar-refractivity contribution in [1.82, 2.24) is 14.4 Å². The van der Waals surface area contributed by atoms with Crippen LogP contribution in [-0.4, -0.2) is 26.9 Å². The number of pyridine rings is 1. The first-order chi connectivity index (χ1) is 15.7. The zero-order valence-corrected chi connectivity index (χ0v) is 18.0. The van der Waals surface area contributed by atoms with Crippen LogP contribution in [0.15, 0.2) is 60.8 Å². The molecule has 1 aliphatic rings. The van der Waals surface area contributed by atoms with E-state index in [0.717, 1.165) is 41.5 Å². The van der Waals surface area contributed by atoms with Crippen LogP contribution in [0.2, 0.25) is 0 Å². The number of aromatic nitrogens is 3. The number of benzene rings is 1. The molecule has 0 aliphatic carbocycles. The molecule has 1 amide bonds. The van der Waals surface area contributed by atoms with Crippen LogP contribution in [0.25, 0.3) is 5.52 Å². The lowest BCUT2D eigenvalue weighted by Gasteiger charge is -2.15. The monoisotopic (exact) mass is 427 g/mol. The first kappa shape index (κ1) is 20.1. The van der Waals surface area contributed by atoms with Gasteiger partial charge in [-0.3, -0.25) is 10.1 Å².